The maximum absolute atomic E-state index is 12.9. The highest BCUT2D eigenvalue weighted by molar-refractivity contribution is 7.07. The molecule has 0 radical (unpaired) electrons. The molecule has 0 aliphatic rings. The van der Waals surface area contributed by atoms with Gasteiger partial charge in [-0.3, -0.25) is 4.79 Å². The average Bonchev–Trinajstić information content (AvgIpc) is 3.42. The standard InChI is InChI=1S/C24H32N4O3S/c1-5-15(6-2)22(24(30)31)27-23(29)16-9-10-20-19(11-16)26-21(12-17-13-32-14-25-17)28(20)18(7-3)8-4/h9-11,13-15,18,22H,5-8,12H2,1-4H3,(H,27,29)(H,30,31). The maximum Gasteiger partial charge on any atom is 0.326 e. The molecule has 0 bridgehead atoms. The third-order valence-electron chi connectivity index (χ3n) is 6.23. The van der Waals surface area contributed by atoms with Crippen LogP contribution in [0.4, 0.5) is 0 Å². The van der Waals surface area contributed by atoms with Gasteiger partial charge in [-0.05, 0) is 37.0 Å². The number of rotatable bonds is 11. The SMILES string of the molecule is CCC(CC)C(NC(=O)c1ccc2c(c1)nc(Cc1cscn1)n2C(CC)CC)C(=O)O. The number of hydrogen-bond acceptors (Lipinski definition) is 5. The number of benzene rings is 1. The largest absolute Gasteiger partial charge is 0.480 e. The van der Waals surface area contributed by atoms with Crippen LogP contribution in [0, 0.1) is 5.92 Å². The molecule has 172 valence electrons. The smallest absolute Gasteiger partial charge is 0.326 e. The topological polar surface area (TPSA) is 97.1 Å². The number of carboxylic acids is 1. The van der Waals surface area contributed by atoms with Crippen LogP contribution in [0.25, 0.3) is 11.0 Å². The fraction of sp³-hybridized carbons (Fsp3) is 0.500. The van der Waals surface area contributed by atoms with Gasteiger partial charge >= 0.3 is 5.97 Å². The van der Waals surface area contributed by atoms with Gasteiger partial charge in [0.2, 0.25) is 0 Å². The molecule has 1 unspecified atom stereocenters. The van der Waals surface area contributed by atoms with Crippen LogP contribution in [0.3, 0.4) is 0 Å². The van der Waals surface area contributed by atoms with Crippen LogP contribution in [-0.4, -0.2) is 37.6 Å². The highest BCUT2D eigenvalue weighted by atomic mass is 32.1. The van der Waals surface area contributed by atoms with Gasteiger partial charge in [-0.15, -0.1) is 11.3 Å². The molecule has 8 heteroatoms. The number of carbonyl (C=O) groups excluding carboxylic acids is 1. The van der Waals surface area contributed by atoms with Gasteiger partial charge in [0.15, 0.2) is 0 Å². The second kappa shape index (κ2) is 10.7. The molecule has 0 spiro atoms. The van der Waals surface area contributed by atoms with Crippen molar-refractivity contribution in [1.82, 2.24) is 19.9 Å². The molecule has 32 heavy (non-hydrogen) atoms. The number of thiazole rings is 1. The summed E-state index contributed by atoms with van der Waals surface area (Å²) < 4.78 is 2.26. The van der Waals surface area contributed by atoms with Crippen molar-refractivity contribution >= 4 is 34.2 Å². The van der Waals surface area contributed by atoms with Gasteiger partial charge in [0, 0.05) is 23.4 Å². The molecule has 0 aliphatic carbocycles. The molecule has 1 amide bonds. The predicted octanol–water partition coefficient (Wildman–Crippen LogP) is 5.06. The van der Waals surface area contributed by atoms with Gasteiger partial charge in [-0.2, -0.15) is 0 Å². The fourth-order valence-electron chi connectivity index (χ4n) is 4.33. The van der Waals surface area contributed by atoms with E-state index < -0.39 is 12.0 Å². The van der Waals surface area contributed by atoms with Crippen LogP contribution in [0.5, 0.6) is 0 Å². The minimum Gasteiger partial charge on any atom is -0.480 e. The second-order valence-corrected chi connectivity index (χ2v) is 8.81. The normalized spacial score (nSPS) is 12.6. The Kier molecular flexibility index (Phi) is 8.01. The molecule has 0 saturated carbocycles. The lowest BCUT2D eigenvalue weighted by Gasteiger charge is -2.22. The van der Waals surface area contributed by atoms with E-state index in [1.54, 1.807) is 23.5 Å². The van der Waals surface area contributed by atoms with Crippen LogP contribution in [0.1, 0.15) is 81.3 Å². The molecule has 0 aliphatic heterocycles. The van der Waals surface area contributed by atoms with Gasteiger partial charge in [0.1, 0.15) is 11.9 Å². The first-order valence-electron chi connectivity index (χ1n) is 11.3. The van der Waals surface area contributed by atoms with Crippen molar-refractivity contribution in [2.75, 3.05) is 0 Å². The van der Waals surface area contributed by atoms with E-state index in [0.29, 0.717) is 30.9 Å². The summed E-state index contributed by atoms with van der Waals surface area (Å²) in [5, 5.41) is 14.4. The Morgan fingerprint density at radius 2 is 1.84 bits per heavy atom. The van der Waals surface area contributed by atoms with Crippen LogP contribution < -0.4 is 5.32 Å². The summed E-state index contributed by atoms with van der Waals surface area (Å²) in [5.74, 6) is -0.572. The number of fused-ring (bicyclic) bond motifs is 1. The van der Waals surface area contributed by atoms with Gasteiger partial charge in [0.05, 0.1) is 22.2 Å². The first-order valence-corrected chi connectivity index (χ1v) is 12.3. The monoisotopic (exact) mass is 456 g/mol. The number of aliphatic carboxylic acids is 1. The first kappa shape index (κ1) is 23.9. The first-order chi connectivity index (χ1) is 15.4. The van der Waals surface area contributed by atoms with Crippen molar-refractivity contribution in [3.63, 3.8) is 0 Å². The number of carboxylic acid groups (broad SMARTS) is 1. The molecule has 1 aromatic carbocycles. The van der Waals surface area contributed by atoms with Crippen molar-refractivity contribution in [3.05, 3.63) is 46.2 Å². The number of nitrogens with zero attached hydrogens (tertiary/aromatic N) is 3. The molecule has 2 aromatic heterocycles. The van der Waals surface area contributed by atoms with E-state index in [-0.39, 0.29) is 11.8 Å². The molecule has 2 N–H and O–H groups in total. The number of hydrogen-bond donors (Lipinski definition) is 2. The van der Waals surface area contributed by atoms with Crippen molar-refractivity contribution in [3.8, 4) is 0 Å². The number of imidazole rings is 1. The summed E-state index contributed by atoms with van der Waals surface area (Å²) in [7, 11) is 0. The van der Waals surface area contributed by atoms with Crippen LogP contribution in [-0.2, 0) is 11.2 Å². The third-order valence-corrected chi connectivity index (χ3v) is 6.86. The summed E-state index contributed by atoms with van der Waals surface area (Å²) in [6, 6.07) is 4.85. The van der Waals surface area contributed by atoms with E-state index in [1.165, 1.54) is 0 Å². The Morgan fingerprint density at radius 1 is 1.12 bits per heavy atom. The molecule has 3 aromatic rings. The number of carbonyl (C=O) groups is 2. The Morgan fingerprint density at radius 3 is 2.41 bits per heavy atom. The molecule has 0 fully saturated rings. The summed E-state index contributed by atoms with van der Waals surface area (Å²) >= 11 is 1.56. The Bertz CT molecular complexity index is 1050. The summed E-state index contributed by atoms with van der Waals surface area (Å²) in [6.45, 7) is 8.21. The van der Waals surface area contributed by atoms with E-state index >= 15 is 0 Å². The lowest BCUT2D eigenvalue weighted by atomic mass is 9.94. The minimum absolute atomic E-state index is 0.112. The lowest BCUT2D eigenvalue weighted by molar-refractivity contribution is -0.140. The number of aromatic nitrogens is 3. The molecule has 1 atom stereocenters. The Labute approximate surface area is 192 Å². The summed E-state index contributed by atoms with van der Waals surface area (Å²) in [6.07, 6.45) is 3.96. The Hall–Kier alpha value is -2.74. The van der Waals surface area contributed by atoms with Crippen molar-refractivity contribution in [1.29, 1.82) is 0 Å². The highest BCUT2D eigenvalue weighted by Gasteiger charge is 2.28. The van der Waals surface area contributed by atoms with Gasteiger partial charge in [-0.1, -0.05) is 40.5 Å². The fourth-order valence-corrected chi connectivity index (χ4v) is 4.89. The van der Waals surface area contributed by atoms with Gasteiger partial charge in [-0.25, -0.2) is 14.8 Å². The predicted molar refractivity (Wildman–Crippen MR) is 127 cm³/mol. The van der Waals surface area contributed by atoms with Crippen molar-refractivity contribution < 1.29 is 14.7 Å². The maximum atomic E-state index is 12.9. The lowest BCUT2D eigenvalue weighted by Crippen LogP contribution is -2.45. The molecular weight excluding hydrogens is 424 g/mol. The van der Waals surface area contributed by atoms with Crippen LogP contribution in [0.2, 0.25) is 0 Å². The van der Waals surface area contributed by atoms with E-state index in [1.807, 2.05) is 30.8 Å². The van der Waals surface area contributed by atoms with Crippen LogP contribution >= 0.6 is 11.3 Å². The zero-order valence-corrected chi connectivity index (χ0v) is 20.0. The third kappa shape index (κ3) is 5.01. The van der Waals surface area contributed by atoms with Gasteiger partial charge in [0.25, 0.3) is 5.91 Å². The number of nitrogens with one attached hydrogen (secondary N) is 1. The summed E-state index contributed by atoms with van der Waals surface area (Å²) in [4.78, 5) is 33.9. The molecule has 3 rings (SSSR count). The molecule has 0 saturated heterocycles. The zero-order chi connectivity index (χ0) is 23.3. The van der Waals surface area contributed by atoms with E-state index in [9.17, 15) is 14.7 Å². The van der Waals surface area contributed by atoms with Crippen molar-refractivity contribution in [2.45, 2.75) is 71.9 Å². The summed E-state index contributed by atoms with van der Waals surface area (Å²) in [5.41, 5.74) is 4.94. The zero-order valence-electron chi connectivity index (χ0n) is 19.2. The molecular formula is C24H32N4O3S. The second-order valence-electron chi connectivity index (χ2n) is 8.09. The molecule has 7 nitrogen and oxygen atoms in total. The number of amides is 1. The van der Waals surface area contributed by atoms with E-state index in [0.717, 1.165) is 35.4 Å². The highest BCUT2D eigenvalue weighted by Crippen LogP contribution is 2.28. The van der Waals surface area contributed by atoms with E-state index in [2.05, 4.69) is 28.7 Å². The molecule has 2 heterocycles. The minimum atomic E-state index is -1.00. The average molecular weight is 457 g/mol. The van der Waals surface area contributed by atoms with Crippen LogP contribution in [0.15, 0.2) is 29.1 Å². The van der Waals surface area contributed by atoms with E-state index in [4.69, 9.17) is 4.98 Å². The quantitative estimate of drug-likeness (QED) is 0.420. The Balaban J connectivity index is 1.97. The van der Waals surface area contributed by atoms with Crippen molar-refractivity contribution in [2.24, 2.45) is 5.92 Å². The van der Waals surface area contributed by atoms with Gasteiger partial charge < -0.3 is 15.0 Å².